The summed E-state index contributed by atoms with van der Waals surface area (Å²) in [5.41, 5.74) is 2.78. The molecule has 0 radical (unpaired) electrons. The van der Waals surface area contributed by atoms with Crippen LogP contribution in [0.5, 0.6) is 0 Å². The number of hydrogen-bond donors (Lipinski definition) is 2. The van der Waals surface area contributed by atoms with E-state index in [2.05, 4.69) is 15.8 Å². The van der Waals surface area contributed by atoms with E-state index < -0.39 is 5.82 Å². The SMILES string of the molecule is CCNC(=S)N/N=C/c1c(F)cccc1Cl. The molecule has 0 aliphatic heterocycles. The van der Waals surface area contributed by atoms with Gasteiger partial charge in [0.15, 0.2) is 5.11 Å². The molecule has 0 heterocycles. The lowest BCUT2D eigenvalue weighted by Crippen LogP contribution is -2.31. The van der Waals surface area contributed by atoms with Crippen LogP contribution in [0, 0.1) is 5.82 Å². The van der Waals surface area contributed by atoms with Gasteiger partial charge in [0.25, 0.3) is 0 Å². The lowest BCUT2D eigenvalue weighted by atomic mass is 10.2. The Morgan fingerprint density at radius 1 is 1.62 bits per heavy atom. The van der Waals surface area contributed by atoms with Crippen molar-refractivity contribution >= 4 is 35.1 Å². The van der Waals surface area contributed by atoms with E-state index in [9.17, 15) is 4.39 Å². The Morgan fingerprint density at radius 3 is 3.00 bits per heavy atom. The molecule has 16 heavy (non-hydrogen) atoms. The van der Waals surface area contributed by atoms with Gasteiger partial charge in [-0.15, -0.1) is 0 Å². The summed E-state index contributed by atoms with van der Waals surface area (Å²) >= 11 is 10.7. The lowest BCUT2D eigenvalue weighted by Gasteiger charge is -2.03. The van der Waals surface area contributed by atoms with Crippen LogP contribution in [0.25, 0.3) is 0 Å². The van der Waals surface area contributed by atoms with Crippen molar-refractivity contribution in [2.45, 2.75) is 6.92 Å². The maximum absolute atomic E-state index is 13.3. The average Bonchev–Trinajstić information content (AvgIpc) is 2.23. The first kappa shape index (κ1) is 12.9. The Morgan fingerprint density at radius 2 is 2.38 bits per heavy atom. The fourth-order valence-electron chi connectivity index (χ4n) is 0.990. The van der Waals surface area contributed by atoms with Gasteiger partial charge < -0.3 is 5.32 Å². The molecule has 0 spiro atoms. The number of nitrogens with one attached hydrogen (secondary N) is 2. The van der Waals surface area contributed by atoms with Crippen LogP contribution in [-0.4, -0.2) is 17.9 Å². The highest BCUT2D eigenvalue weighted by Gasteiger charge is 2.03. The first-order chi connectivity index (χ1) is 7.65. The van der Waals surface area contributed by atoms with Crippen molar-refractivity contribution in [1.82, 2.24) is 10.7 Å². The van der Waals surface area contributed by atoms with E-state index in [1.54, 1.807) is 6.07 Å². The van der Waals surface area contributed by atoms with Gasteiger partial charge in [0.2, 0.25) is 0 Å². The summed E-state index contributed by atoms with van der Waals surface area (Å²) in [6.45, 7) is 2.60. The summed E-state index contributed by atoms with van der Waals surface area (Å²) in [6, 6.07) is 4.44. The molecule has 0 aromatic heterocycles. The summed E-state index contributed by atoms with van der Waals surface area (Å²) in [5, 5.41) is 7.31. The number of nitrogens with zero attached hydrogens (tertiary/aromatic N) is 1. The molecule has 0 unspecified atom stereocenters. The highest BCUT2D eigenvalue weighted by molar-refractivity contribution is 7.80. The summed E-state index contributed by atoms with van der Waals surface area (Å²) in [6.07, 6.45) is 1.29. The predicted molar refractivity (Wildman–Crippen MR) is 68.4 cm³/mol. The zero-order chi connectivity index (χ0) is 12.0. The van der Waals surface area contributed by atoms with Crippen molar-refractivity contribution in [3.8, 4) is 0 Å². The number of rotatable bonds is 3. The molecule has 1 aromatic carbocycles. The van der Waals surface area contributed by atoms with Crippen molar-refractivity contribution in [2.24, 2.45) is 5.10 Å². The normalized spacial score (nSPS) is 10.4. The number of hydrogen-bond acceptors (Lipinski definition) is 2. The molecule has 86 valence electrons. The molecule has 0 fully saturated rings. The van der Waals surface area contributed by atoms with E-state index in [4.69, 9.17) is 23.8 Å². The lowest BCUT2D eigenvalue weighted by molar-refractivity contribution is 0.626. The maximum atomic E-state index is 13.3. The van der Waals surface area contributed by atoms with Crippen LogP contribution in [0.1, 0.15) is 12.5 Å². The molecule has 2 N–H and O–H groups in total. The Labute approximate surface area is 104 Å². The Hall–Kier alpha value is -1.20. The minimum atomic E-state index is -0.424. The summed E-state index contributed by atoms with van der Waals surface area (Å²) in [7, 11) is 0. The molecule has 0 saturated heterocycles. The first-order valence-corrected chi connectivity index (χ1v) is 5.44. The molecule has 1 rings (SSSR count). The summed E-state index contributed by atoms with van der Waals surface area (Å²) < 4.78 is 13.3. The second kappa shape index (κ2) is 6.40. The average molecular weight is 260 g/mol. The minimum Gasteiger partial charge on any atom is -0.362 e. The third-order valence-corrected chi connectivity index (χ3v) is 2.26. The van der Waals surface area contributed by atoms with Crippen molar-refractivity contribution in [1.29, 1.82) is 0 Å². The molecule has 0 atom stereocenters. The second-order valence-electron chi connectivity index (χ2n) is 2.86. The minimum absolute atomic E-state index is 0.232. The maximum Gasteiger partial charge on any atom is 0.186 e. The third kappa shape index (κ3) is 3.75. The van der Waals surface area contributed by atoms with E-state index >= 15 is 0 Å². The van der Waals surface area contributed by atoms with Crippen molar-refractivity contribution in [2.75, 3.05) is 6.54 Å². The van der Waals surface area contributed by atoms with Crippen molar-refractivity contribution in [3.63, 3.8) is 0 Å². The molecule has 0 aliphatic carbocycles. The van der Waals surface area contributed by atoms with Gasteiger partial charge in [-0.1, -0.05) is 17.7 Å². The Bertz CT molecular complexity index is 389. The number of hydrazone groups is 1. The van der Waals surface area contributed by atoms with E-state index in [-0.39, 0.29) is 5.56 Å². The van der Waals surface area contributed by atoms with Crippen LogP contribution in [0.3, 0.4) is 0 Å². The first-order valence-electron chi connectivity index (χ1n) is 4.66. The molecule has 3 nitrogen and oxygen atoms in total. The third-order valence-electron chi connectivity index (χ3n) is 1.70. The van der Waals surface area contributed by atoms with Gasteiger partial charge in [-0.3, -0.25) is 5.43 Å². The molecule has 0 aliphatic rings. The van der Waals surface area contributed by atoms with Gasteiger partial charge in [-0.2, -0.15) is 5.10 Å². The second-order valence-corrected chi connectivity index (χ2v) is 3.68. The smallest absolute Gasteiger partial charge is 0.186 e. The fraction of sp³-hybridized carbons (Fsp3) is 0.200. The zero-order valence-electron chi connectivity index (χ0n) is 8.63. The van der Waals surface area contributed by atoms with E-state index in [1.165, 1.54) is 18.3 Å². The molecule has 1 aromatic rings. The highest BCUT2D eigenvalue weighted by Crippen LogP contribution is 2.16. The van der Waals surface area contributed by atoms with Crippen LogP contribution in [0.4, 0.5) is 4.39 Å². The molecule has 0 bridgehead atoms. The van der Waals surface area contributed by atoms with Crippen LogP contribution in [-0.2, 0) is 0 Å². The van der Waals surface area contributed by atoms with Crippen LogP contribution < -0.4 is 10.7 Å². The monoisotopic (exact) mass is 259 g/mol. The fourth-order valence-corrected chi connectivity index (χ4v) is 1.40. The molecule has 0 amide bonds. The van der Waals surface area contributed by atoms with Gasteiger partial charge in [-0.25, -0.2) is 4.39 Å². The van der Waals surface area contributed by atoms with Gasteiger partial charge >= 0.3 is 0 Å². The van der Waals surface area contributed by atoms with E-state index in [0.717, 1.165) is 0 Å². The Kier molecular flexibility index (Phi) is 5.14. The van der Waals surface area contributed by atoms with E-state index in [0.29, 0.717) is 16.7 Å². The standard InChI is InChI=1S/C10H11ClFN3S/c1-2-13-10(16)15-14-6-7-8(11)4-3-5-9(7)12/h3-6H,2H2,1H3,(H2,13,15,16)/b14-6+. The topological polar surface area (TPSA) is 36.4 Å². The van der Waals surface area contributed by atoms with Gasteiger partial charge in [0, 0.05) is 12.1 Å². The molecular formula is C10H11ClFN3S. The molecule has 0 saturated carbocycles. The quantitative estimate of drug-likeness (QED) is 0.497. The summed E-state index contributed by atoms with van der Waals surface area (Å²) in [4.78, 5) is 0. The number of benzene rings is 1. The molecular weight excluding hydrogens is 249 g/mol. The van der Waals surface area contributed by atoms with Crippen molar-refractivity contribution < 1.29 is 4.39 Å². The predicted octanol–water partition coefficient (Wildman–Crippen LogP) is 2.30. The van der Waals surface area contributed by atoms with Crippen LogP contribution in [0.2, 0.25) is 5.02 Å². The number of thiocarbonyl (C=S) groups is 1. The van der Waals surface area contributed by atoms with Gasteiger partial charge in [-0.05, 0) is 31.3 Å². The largest absolute Gasteiger partial charge is 0.362 e. The molecule has 6 heteroatoms. The zero-order valence-corrected chi connectivity index (χ0v) is 10.2. The van der Waals surface area contributed by atoms with Crippen LogP contribution in [0.15, 0.2) is 23.3 Å². The summed E-state index contributed by atoms with van der Waals surface area (Å²) in [5.74, 6) is -0.424. The number of halogens is 2. The van der Waals surface area contributed by atoms with E-state index in [1.807, 2.05) is 6.92 Å². The van der Waals surface area contributed by atoms with Crippen LogP contribution >= 0.6 is 23.8 Å². The van der Waals surface area contributed by atoms with Gasteiger partial charge in [0.05, 0.1) is 11.2 Å². The van der Waals surface area contributed by atoms with Gasteiger partial charge in [0.1, 0.15) is 5.82 Å². The highest BCUT2D eigenvalue weighted by atomic mass is 35.5. The van der Waals surface area contributed by atoms with Crippen molar-refractivity contribution in [3.05, 3.63) is 34.6 Å². The Balaban J connectivity index is 2.66.